The monoisotopic (exact) mass is 412 g/mol. The van der Waals surface area contributed by atoms with Crippen molar-refractivity contribution in [2.45, 2.75) is 32.6 Å². The second kappa shape index (κ2) is 9.80. The molecular formula is C19H25ClN2O4S. The summed E-state index contributed by atoms with van der Waals surface area (Å²) < 4.78 is 30.9. The van der Waals surface area contributed by atoms with Crippen molar-refractivity contribution in [2.75, 3.05) is 23.7 Å². The predicted molar refractivity (Wildman–Crippen MR) is 108 cm³/mol. The van der Waals surface area contributed by atoms with Gasteiger partial charge in [-0.1, -0.05) is 17.7 Å². The summed E-state index contributed by atoms with van der Waals surface area (Å²) in [7, 11) is -3.47. The second-order valence-electron chi connectivity index (χ2n) is 6.36. The highest BCUT2D eigenvalue weighted by atomic mass is 35.5. The summed E-state index contributed by atoms with van der Waals surface area (Å²) in [5.74, 6) is 0.802. The summed E-state index contributed by atoms with van der Waals surface area (Å²) >= 11 is 6.11. The standard InChI is InChI=1S/C19H25ClN2O4S/c1-15-17(20)9-3-10-18(15)22(27(2,24)25)13-5-11-19(23)21-12-4-7-16-8-6-14-26-16/h3,6,8-10,14H,4-5,7,11-13H2,1-2H3,(H,21,23). The number of hydrogen-bond donors (Lipinski definition) is 1. The molecule has 0 aliphatic heterocycles. The van der Waals surface area contributed by atoms with Crippen molar-refractivity contribution in [2.24, 2.45) is 0 Å². The number of sulfonamides is 1. The van der Waals surface area contributed by atoms with Crippen molar-refractivity contribution >= 4 is 33.2 Å². The molecule has 0 unspecified atom stereocenters. The minimum atomic E-state index is -3.47. The molecule has 1 N–H and O–H groups in total. The zero-order valence-electron chi connectivity index (χ0n) is 15.6. The van der Waals surface area contributed by atoms with E-state index < -0.39 is 10.0 Å². The summed E-state index contributed by atoms with van der Waals surface area (Å²) in [5, 5.41) is 3.36. The van der Waals surface area contributed by atoms with Crippen LogP contribution < -0.4 is 9.62 Å². The maximum atomic E-state index is 12.2. The van der Waals surface area contributed by atoms with Gasteiger partial charge < -0.3 is 9.73 Å². The molecule has 0 aliphatic carbocycles. The fourth-order valence-corrected chi connectivity index (χ4v) is 3.93. The molecule has 27 heavy (non-hydrogen) atoms. The van der Waals surface area contributed by atoms with Gasteiger partial charge in [-0.15, -0.1) is 0 Å². The molecule has 1 heterocycles. The lowest BCUT2D eigenvalue weighted by atomic mass is 10.2. The molecule has 0 atom stereocenters. The molecule has 0 saturated carbocycles. The highest BCUT2D eigenvalue weighted by Crippen LogP contribution is 2.28. The van der Waals surface area contributed by atoms with Gasteiger partial charge in [0.25, 0.3) is 0 Å². The lowest BCUT2D eigenvalue weighted by Gasteiger charge is -2.24. The van der Waals surface area contributed by atoms with Crippen molar-refractivity contribution in [1.29, 1.82) is 0 Å². The smallest absolute Gasteiger partial charge is 0.232 e. The first kappa shape index (κ1) is 21.3. The summed E-state index contributed by atoms with van der Waals surface area (Å²) in [5.41, 5.74) is 1.25. The molecule has 0 fully saturated rings. The average Bonchev–Trinajstić information content (AvgIpc) is 3.11. The van der Waals surface area contributed by atoms with Crippen LogP contribution >= 0.6 is 11.6 Å². The lowest BCUT2D eigenvalue weighted by Crippen LogP contribution is -2.32. The van der Waals surface area contributed by atoms with Gasteiger partial charge in [0.2, 0.25) is 15.9 Å². The molecule has 0 radical (unpaired) electrons. The van der Waals surface area contributed by atoms with Crippen LogP contribution in [-0.2, 0) is 21.2 Å². The van der Waals surface area contributed by atoms with Crippen molar-refractivity contribution in [3.8, 4) is 0 Å². The average molecular weight is 413 g/mol. The lowest BCUT2D eigenvalue weighted by molar-refractivity contribution is -0.121. The number of nitrogens with one attached hydrogen (secondary N) is 1. The number of carbonyl (C=O) groups excluding carboxylic acids is 1. The number of anilines is 1. The molecule has 6 nitrogen and oxygen atoms in total. The van der Waals surface area contributed by atoms with E-state index in [0.29, 0.717) is 29.2 Å². The van der Waals surface area contributed by atoms with Gasteiger partial charge >= 0.3 is 0 Å². The number of aryl methyl sites for hydroxylation is 1. The number of benzene rings is 1. The summed E-state index contributed by atoms with van der Waals surface area (Å²) in [4.78, 5) is 12.0. The number of amides is 1. The Bertz CT molecular complexity index is 851. The number of carbonyl (C=O) groups is 1. The fraction of sp³-hybridized carbons (Fsp3) is 0.421. The Morgan fingerprint density at radius 1 is 1.22 bits per heavy atom. The van der Waals surface area contributed by atoms with E-state index in [1.807, 2.05) is 12.1 Å². The van der Waals surface area contributed by atoms with Crippen LogP contribution in [0.15, 0.2) is 41.0 Å². The molecule has 1 amide bonds. The topological polar surface area (TPSA) is 79.6 Å². The Morgan fingerprint density at radius 3 is 2.67 bits per heavy atom. The van der Waals surface area contributed by atoms with Crippen molar-refractivity contribution in [3.63, 3.8) is 0 Å². The Morgan fingerprint density at radius 2 is 2.00 bits per heavy atom. The molecular weight excluding hydrogens is 388 g/mol. The first-order valence-corrected chi connectivity index (χ1v) is 11.0. The van der Waals surface area contributed by atoms with Crippen LogP contribution in [0.3, 0.4) is 0 Å². The number of hydrogen-bond acceptors (Lipinski definition) is 4. The molecule has 0 saturated heterocycles. The predicted octanol–water partition coefficient (Wildman–Crippen LogP) is 3.54. The first-order valence-electron chi connectivity index (χ1n) is 8.81. The summed E-state index contributed by atoms with van der Waals surface area (Å²) in [6.45, 7) is 2.56. The van der Waals surface area contributed by atoms with Gasteiger partial charge in [0.1, 0.15) is 5.76 Å². The quantitative estimate of drug-likeness (QED) is 0.605. The van der Waals surface area contributed by atoms with E-state index in [4.69, 9.17) is 16.0 Å². The fourth-order valence-electron chi connectivity index (χ4n) is 2.75. The third-order valence-electron chi connectivity index (χ3n) is 4.18. The maximum absolute atomic E-state index is 12.2. The maximum Gasteiger partial charge on any atom is 0.232 e. The minimum absolute atomic E-state index is 0.0919. The van der Waals surface area contributed by atoms with Gasteiger partial charge in [0.05, 0.1) is 18.2 Å². The Balaban J connectivity index is 1.81. The third kappa shape index (κ3) is 6.59. The first-order chi connectivity index (χ1) is 12.8. The van der Waals surface area contributed by atoms with Crippen LogP contribution in [0.2, 0.25) is 5.02 Å². The SMILES string of the molecule is Cc1c(Cl)cccc1N(CCCC(=O)NCCCc1ccco1)S(C)(=O)=O. The molecule has 8 heteroatoms. The number of furan rings is 1. The molecule has 1 aromatic carbocycles. The van der Waals surface area contributed by atoms with Crippen molar-refractivity contribution in [1.82, 2.24) is 5.32 Å². The number of rotatable bonds is 10. The Hall–Kier alpha value is -1.99. The highest BCUT2D eigenvalue weighted by Gasteiger charge is 2.20. The Labute approximate surface area is 165 Å². The van der Waals surface area contributed by atoms with E-state index in [0.717, 1.165) is 24.9 Å². The van der Waals surface area contributed by atoms with Gasteiger partial charge in [0.15, 0.2) is 0 Å². The summed E-state index contributed by atoms with van der Waals surface area (Å²) in [6.07, 6.45) is 5.01. The van der Waals surface area contributed by atoms with Crippen LogP contribution in [-0.4, -0.2) is 33.7 Å². The van der Waals surface area contributed by atoms with E-state index in [9.17, 15) is 13.2 Å². The van der Waals surface area contributed by atoms with Crippen LogP contribution in [0, 0.1) is 6.92 Å². The van der Waals surface area contributed by atoms with E-state index in [-0.39, 0.29) is 18.9 Å². The number of nitrogens with zero attached hydrogens (tertiary/aromatic N) is 1. The van der Waals surface area contributed by atoms with Crippen LogP contribution in [0.4, 0.5) is 5.69 Å². The number of halogens is 1. The van der Waals surface area contributed by atoms with Crippen molar-refractivity contribution < 1.29 is 17.6 Å². The molecule has 2 rings (SSSR count). The van der Waals surface area contributed by atoms with Crippen LogP contribution in [0.25, 0.3) is 0 Å². The minimum Gasteiger partial charge on any atom is -0.469 e. The van der Waals surface area contributed by atoms with E-state index in [1.165, 1.54) is 4.31 Å². The largest absolute Gasteiger partial charge is 0.469 e. The van der Waals surface area contributed by atoms with Gasteiger partial charge in [-0.2, -0.15) is 0 Å². The van der Waals surface area contributed by atoms with E-state index in [1.54, 1.807) is 31.4 Å². The zero-order chi connectivity index (χ0) is 19.9. The molecule has 1 aromatic heterocycles. The molecule has 0 spiro atoms. The Kier molecular flexibility index (Phi) is 7.74. The van der Waals surface area contributed by atoms with Crippen molar-refractivity contribution in [3.05, 3.63) is 52.9 Å². The van der Waals surface area contributed by atoms with E-state index >= 15 is 0 Å². The summed E-state index contributed by atoms with van der Waals surface area (Å²) in [6, 6.07) is 8.89. The van der Waals surface area contributed by atoms with E-state index in [2.05, 4.69) is 5.32 Å². The molecule has 0 bridgehead atoms. The normalized spacial score (nSPS) is 11.4. The second-order valence-corrected chi connectivity index (χ2v) is 8.67. The van der Waals surface area contributed by atoms with Gasteiger partial charge in [-0.25, -0.2) is 8.42 Å². The van der Waals surface area contributed by atoms with Gasteiger partial charge in [0, 0.05) is 31.0 Å². The van der Waals surface area contributed by atoms with Crippen LogP contribution in [0.5, 0.6) is 0 Å². The van der Waals surface area contributed by atoms with Gasteiger partial charge in [-0.05, 0) is 49.6 Å². The molecule has 0 aliphatic rings. The highest BCUT2D eigenvalue weighted by molar-refractivity contribution is 7.92. The third-order valence-corrected chi connectivity index (χ3v) is 5.76. The molecule has 148 valence electrons. The van der Waals surface area contributed by atoms with Crippen LogP contribution in [0.1, 0.15) is 30.6 Å². The molecule has 2 aromatic rings. The van der Waals surface area contributed by atoms with Gasteiger partial charge in [-0.3, -0.25) is 9.10 Å². The zero-order valence-corrected chi connectivity index (χ0v) is 17.1.